The molecular formula is C13H23NO3. The number of rotatable bonds is 5. The van der Waals surface area contributed by atoms with E-state index in [-0.39, 0.29) is 17.9 Å². The van der Waals surface area contributed by atoms with Gasteiger partial charge >= 0.3 is 6.09 Å². The maximum absolute atomic E-state index is 12.2. The lowest BCUT2D eigenvalue weighted by molar-refractivity contribution is -0.126. The second kappa shape index (κ2) is 6.62. The van der Waals surface area contributed by atoms with Crippen LogP contribution in [-0.4, -0.2) is 25.0 Å². The van der Waals surface area contributed by atoms with Crippen LogP contribution in [0.15, 0.2) is 0 Å². The van der Waals surface area contributed by atoms with E-state index in [1.807, 2.05) is 0 Å². The summed E-state index contributed by atoms with van der Waals surface area (Å²) in [6.07, 6.45) is 3.98. The Morgan fingerprint density at radius 1 is 1.29 bits per heavy atom. The molecule has 1 N–H and O–H groups in total. The van der Waals surface area contributed by atoms with Crippen molar-refractivity contribution in [2.45, 2.75) is 52.0 Å². The number of nitrogens with one attached hydrogen (secondary N) is 1. The van der Waals surface area contributed by atoms with Crippen LogP contribution in [0.1, 0.15) is 46.0 Å². The summed E-state index contributed by atoms with van der Waals surface area (Å²) in [7, 11) is 1.36. The van der Waals surface area contributed by atoms with E-state index in [0.29, 0.717) is 5.78 Å². The van der Waals surface area contributed by atoms with Gasteiger partial charge in [0.1, 0.15) is 5.78 Å². The van der Waals surface area contributed by atoms with E-state index in [1.54, 1.807) is 0 Å². The number of methoxy groups -OCH3 is 1. The largest absolute Gasteiger partial charge is 0.453 e. The molecule has 98 valence electrons. The van der Waals surface area contributed by atoms with E-state index < -0.39 is 6.09 Å². The fourth-order valence-corrected chi connectivity index (χ4v) is 2.62. The van der Waals surface area contributed by atoms with Crippen molar-refractivity contribution in [3.05, 3.63) is 0 Å². The van der Waals surface area contributed by atoms with Gasteiger partial charge in [-0.05, 0) is 32.1 Å². The fourth-order valence-electron chi connectivity index (χ4n) is 2.62. The summed E-state index contributed by atoms with van der Waals surface area (Å²) in [6.45, 7) is 4.12. The summed E-state index contributed by atoms with van der Waals surface area (Å²) in [5.74, 6) is 0.697. The van der Waals surface area contributed by atoms with E-state index in [0.717, 1.165) is 32.1 Å². The van der Waals surface area contributed by atoms with Crippen molar-refractivity contribution < 1.29 is 14.3 Å². The Morgan fingerprint density at radius 3 is 2.47 bits per heavy atom. The highest BCUT2D eigenvalue weighted by Crippen LogP contribution is 2.30. The quantitative estimate of drug-likeness (QED) is 0.804. The maximum Gasteiger partial charge on any atom is 0.407 e. The molecular weight excluding hydrogens is 218 g/mol. The van der Waals surface area contributed by atoms with Crippen LogP contribution in [0.2, 0.25) is 0 Å². The first kappa shape index (κ1) is 14.0. The van der Waals surface area contributed by atoms with Gasteiger partial charge in [0.2, 0.25) is 0 Å². The first-order chi connectivity index (χ1) is 8.12. The van der Waals surface area contributed by atoms with Crippen molar-refractivity contribution in [3.8, 4) is 0 Å². The number of carbonyl (C=O) groups excluding carboxylic acids is 2. The number of amides is 1. The molecule has 1 amide bonds. The highest BCUT2D eigenvalue weighted by atomic mass is 16.5. The molecule has 0 aromatic carbocycles. The van der Waals surface area contributed by atoms with Crippen molar-refractivity contribution in [3.63, 3.8) is 0 Å². The molecule has 0 radical (unpaired) electrons. The molecule has 1 fully saturated rings. The SMILES string of the molecule is CCC(CC)C(=O)C1CCC(NC(=O)OC)C1. The zero-order valence-electron chi connectivity index (χ0n) is 11.0. The summed E-state index contributed by atoms with van der Waals surface area (Å²) in [5.41, 5.74) is 0. The average molecular weight is 241 g/mol. The van der Waals surface area contributed by atoms with Crippen LogP contribution in [0.5, 0.6) is 0 Å². The summed E-state index contributed by atoms with van der Waals surface area (Å²) < 4.78 is 4.56. The molecule has 1 aliphatic rings. The van der Waals surface area contributed by atoms with Crippen LogP contribution in [0.25, 0.3) is 0 Å². The van der Waals surface area contributed by atoms with Crippen LogP contribution in [0.4, 0.5) is 4.79 Å². The van der Waals surface area contributed by atoms with E-state index in [1.165, 1.54) is 7.11 Å². The molecule has 2 atom stereocenters. The van der Waals surface area contributed by atoms with Gasteiger partial charge in [0.15, 0.2) is 0 Å². The zero-order chi connectivity index (χ0) is 12.8. The van der Waals surface area contributed by atoms with E-state index >= 15 is 0 Å². The standard InChI is InChI=1S/C13H23NO3/c1-4-9(5-2)12(15)10-6-7-11(8-10)14-13(16)17-3/h9-11H,4-8H2,1-3H3,(H,14,16). The van der Waals surface area contributed by atoms with Gasteiger partial charge in [0, 0.05) is 17.9 Å². The molecule has 0 spiro atoms. The normalized spacial score (nSPS) is 23.8. The lowest BCUT2D eigenvalue weighted by Crippen LogP contribution is -2.33. The van der Waals surface area contributed by atoms with Crippen molar-refractivity contribution in [2.75, 3.05) is 7.11 Å². The summed E-state index contributed by atoms with van der Waals surface area (Å²) >= 11 is 0. The van der Waals surface area contributed by atoms with Gasteiger partial charge in [-0.15, -0.1) is 0 Å². The molecule has 0 aromatic rings. The molecule has 4 nitrogen and oxygen atoms in total. The van der Waals surface area contributed by atoms with Crippen LogP contribution in [0, 0.1) is 11.8 Å². The number of hydrogen-bond donors (Lipinski definition) is 1. The predicted molar refractivity (Wildman–Crippen MR) is 65.7 cm³/mol. The topological polar surface area (TPSA) is 55.4 Å². The maximum atomic E-state index is 12.2. The third kappa shape index (κ3) is 3.72. The Hall–Kier alpha value is -1.06. The number of ketones is 1. The number of ether oxygens (including phenoxy) is 1. The Morgan fingerprint density at radius 2 is 1.94 bits per heavy atom. The number of alkyl carbamates (subject to hydrolysis) is 1. The highest BCUT2D eigenvalue weighted by molar-refractivity contribution is 5.83. The second-order valence-electron chi connectivity index (χ2n) is 4.76. The zero-order valence-corrected chi connectivity index (χ0v) is 11.0. The van der Waals surface area contributed by atoms with Gasteiger partial charge in [-0.1, -0.05) is 13.8 Å². The number of hydrogen-bond acceptors (Lipinski definition) is 3. The van der Waals surface area contributed by atoms with Crippen LogP contribution in [-0.2, 0) is 9.53 Å². The molecule has 0 aromatic heterocycles. The molecule has 0 aliphatic heterocycles. The lowest BCUT2D eigenvalue weighted by atomic mass is 9.88. The third-order valence-corrected chi connectivity index (χ3v) is 3.73. The van der Waals surface area contributed by atoms with Gasteiger partial charge in [-0.25, -0.2) is 4.79 Å². The Balaban J connectivity index is 2.44. The molecule has 0 bridgehead atoms. The van der Waals surface area contributed by atoms with Crippen LogP contribution >= 0.6 is 0 Å². The molecule has 0 heterocycles. The lowest BCUT2D eigenvalue weighted by Gasteiger charge is -2.16. The van der Waals surface area contributed by atoms with Crippen LogP contribution in [0.3, 0.4) is 0 Å². The Bertz CT molecular complexity index is 274. The molecule has 17 heavy (non-hydrogen) atoms. The highest BCUT2D eigenvalue weighted by Gasteiger charge is 2.33. The van der Waals surface area contributed by atoms with E-state index in [2.05, 4.69) is 23.9 Å². The number of Topliss-reactive ketones (excluding diaryl/α,β-unsaturated/α-hetero) is 1. The van der Waals surface area contributed by atoms with Crippen molar-refractivity contribution >= 4 is 11.9 Å². The van der Waals surface area contributed by atoms with Gasteiger partial charge in [-0.3, -0.25) is 4.79 Å². The Kier molecular flexibility index (Phi) is 5.45. The molecule has 0 saturated heterocycles. The molecule has 1 saturated carbocycles. The smallest absolute Gasteiger partial charge is 0.407 e. The predicted octanol–water partition coefficient (Wildman–Crippen LogP) is 2.52. The Labute approximate surface area is 103 Å². The summed E-state index contributed by atoms with van der Waals surface area (Å²) in [5, 5.41) is 2.77. The van der Waals surface area contributed by atoms with Gasteiger partial charge in [0.05, 0.1) is 7.11 Å². The van der Waals surface area contributed by atoms with Crippen molar-refractivity contribution in [2.24, 2.45) is 11.8 Å². The van der Waals surface area contributed by atoms with E-state index in [9.17, 15) is 9.59 Å². The second-order valence-corrected chi connectivity index (χ2v) is 4.76. The molecule has 1 rings (SSSR count). The third-order valence-electron chi connectivity index (χ3n) is 3.73. The van der Waals surface area contributed by atoms with Gasteiger partial charge < -0.3 is 10.1 Å². The van der Waals surface area contributed by atoms with Crippen molar-refractivity contribution in [1.29, 1.82) is 0 Å². The minimum absolute atomic E-state index is 0.103. The molecule has 2 unspecified atom stereocenters. The van der Waals surface area contributed by atoms with E-state index in [4.69, 9.17) is 0 Å². The number of carbonyl (C=O) groups is 2. The van der Waals surface area contributed by atoms with Crippen molar-refractivity contribution in [1.82, 2.24) is 5.32 Å². The first-order valence-electron chi connectivity index (χ1n) is 6.50. The summed E-state index contributed by atoms with van der Waals surface area (Å²) in [4.78, 5) is 23.2. The minimum Gasteiger partial charge on any atom is -0.453 e. The fraction of sp³-hybridized carbons (Fsp3) is 0.846. The summed E-state index contributed by atoms with van der Waals surface area (Å²) in [6, 6.07) is 0.103. The first-order valence-corrected chi connectivity index (χ1v) is 6.50. The van der Waals surface area contributed by atoms with Crippen LogP contribution < -0.4 is 5.32 Å². The molecule has 1 aliphatic carbocycles. The minimum atomic E-state index is -0.398. The van der Waals surface area contributed by atoms with Gasteiger partial charge in [-0.2, -0.15) is 0 Å². The van der Waals surface area contributed by atoms with Gasteiger partial charge in [0.25, 0.3) is 0 Å². The molecule has 4 heteroatoms. The monoisotopic (exact) mass is 241 g/mol. The average Bonchev–Trinajstić information content (AvgIpc) is 2.78.